The topological polar surface area (TPSA) is 35.6 Å². The molecule has 0 atom stereocenters. The number of hydrogen-bond acceptors (Lipinski definition) is 3. The molecule has 21 heavy (non-hydrogen) atoms. The first-order chi connectivity index (χ1) is 10.2. The Morgan fingerprint density at radius 1 is 1.14 bits per heavy atom. The number of amides is 1. The molecule has 1 heterocycles. The summed E-state index contributed by atoms with van der Waals surface area (Å²) in [5, 5.41) is 3.25. The molecular formula is C17H27N3O. The Labute approximate surface area is 128 Å². The van der Waals surface area contributed by atoms with Gasteiger partial charge in [-0.1, -0.05) is 12.1 Å². The molecule has 0 bridgehead atoms. The lowest BCUT2D eigenvalue weighted by Gasteiger charge is -2.21. The summed E-state index contributed by atoms with van der Waals surface area (Å²) in [6.45, 7) is 9.44. The molecule has 1 amide bonds. The third-order valence-corrected chi connectivity index (χ3v) is 4.13. The van der Waals surface area contributed by atoms with Crippen molar-refractivity contribution in [2.24, 2.45) is 0 Å². The largest absolute Gasteiger partial charge is 0.372 e. The van der Waals surface area contributed by atoms with E-state index in [4.69, 9.17) is 0 Å². The molecule has 0 radical (unpaired) electrons. The highest BCUT2D eigenvalue weighted by Crippen LogP contribution is 2.14. The number of benzene rings is 1. The molecule has 116 valence electrons. The van der Waals surface area contributed by atoms with Crippen LogP contribution in [0, 0.1) is 0 Å². The van der Waals surface area contributed by atoms with Crippen LogP contribution in [-0.2, 0) is 11.3 Å². The Hall–Kier alpha value is -1.55. The van der Waals surface area contributed by atoms with Gasteiger partial charge in [0.2, 0.25) is 5.91 Å². The van der Waals surface area contributed by atoms with Crippen molar-refractivity contribution in [3.8, 4) is 0 Å². The van der Waals surface area contributed by atoms with Gasteiger partial charge in [-0.3, -0.25) is 4.79 Å². The summed E-state index contributed by atoms with van der Waals surface area (Å²) < 4.78 is 0. The van der Waals surface area contributed by atoms with Crippen molar-refractivity contribution in [1.29, 1.82) is 0 Å². The molecule has 0 saturated carbocycles. The lowest BCUT2D eigenvalue weighted by molar-refractivity contribution is -0.129. The highest BCUT2D eigenvalue weighted by atomic mass is 16.2. The number of carbonyl (C=O) groups is 1. The molecule has 0 aromatic heterocycles. The smallest absolute Gasteiger partial charge is 0.236 e. The Morgan fingerprint density at radius 2 is 1.76 bits per heavy atom. The van der Waals surface area contributed by atoms with Crippen molar-refractivity contribution in [3.63, 3.8) is 0 Å². The third-order valence-electron chi connectivity index (χ3n) is 4.13. The standard InChI is InChI=1S/C17H27N3O/c1-3-19(4-2)16-9-7-15(8-10-16)13-18-14-17(21)20-11-5-6-12-20/h7-10,18H,3-6,11-14H2,1-2H3. The number of likely N-dealkylation sites (tertiary alicyclic amines) is 1. The van der Waals surface area contributed by atoms with Crippen LogP contribution in [0.15, 0.2) is 24.3 Å². The van der Waals surface area contributed by atoms with E-state index in [0.29, 0.717) is 6.54 Å². The lowest BCUT2D eigenvalue weighted by Crippen LogP contribution is -2.35. The minimum atomic E-state index is 0.229. The van der Waals surface area contributed by atoms with Crippen molar-refractivity contribution >= 4 is 11.6 Å². The van der Waals surface area contributed by atoms with Gasteiger partial charge in [0.1, 0.15) is 0 Å². The van der Waals surface area contributed by atoms with E-state index in [1.807, 2.05) is 4.90 Å². The number of carbonyl (C=O) groups excluding carboxylic acids is 1. The maximum Gasteiger partial charge on any atom is 0.236 e. The first-order valence-electron chi connectivity index (χ1n) is 8.07. The number of rotatable bonds is 7. The molecule has 1 aromatic rings. The van der Waals surface area contributed by atoms with E-state index in [0.717, 1.165) is 45.6 Å². The van der Waals surface area contributed by atoms with Crippen LogP contribution in [0.2, 0.25) is 0 Å². The Morgan fingerprint density at radius 3 is 2.33 bits per heavy atom. The normalized spacial score (nSPS) is 14.5. The van der Waals surface area contributed by atoms with Gasteiger partial charge >= 0.3 is 0 Å². The predicted molar refractivity (Wildman–Crippen MR) is 87.5 cm³/mol. The van der Waals surface area contributed by atoms with Gasteiger partial charge in [0, 0.05) is 38.4 Å². The van der Waals surface area contributed by atoms with Gasteiger partial charge in [0.25, 0.3) is 0 Å². The van der Waals surface area contributed by atoms with Gasteiger partial charge in [0.15, 0.2) is 0 Å². The zero-order valence-corrected chi connectivity index (χ0v) is 13.3. The predicted octanol–water partition coefficient (Wildman–Crippen LogP) is 2.24. The van der Waals surface area contributed by atoms with Crippen molar-refractivity contribution < 1.29 is 4.79 Å². The molecule has 1 saturated heterocycles. The molecule has 1 aliphatic heterocycles. The second-order valence-electron chi connectivity index (χ2n) is 5.53. The first kappa shape index (κ1) is 15.8. The van der Waals surface area contributed by atoms with Crippen molar-refractivity contribution in [1.82, 2.24) is 10.2 Å². The fourth-order valence-electron chi connectivity index (χ4n) is 2.81. The maximum absolute atomic E-state index is 11.9. The molecule has 0 unspecified atom stereocenters. The summed E-state index contributed by atoms with van der Waals surface area (Å²) in [7, 11) is 0. The maximum atomic E-state index is 11.9. The second-order valence-corrected chi connectivity index (χ2v) is 5.53. The van der Waals surface area contributed by atoms with Gasteiger partial charge in [0.05, 0.1) is 6.54 Å². The first-order valence-corrected chi connectivity index (χ1v) is 8.07. The van der Waals surface area contributed by atoms with Gasteiger partial charge in [-0.2, -0.15) is 0 Å². The lowest BCUT2D eigenvalue weighted by atomic mass is 10.2. The minimum Gasteiger partial charge on any atom is -0.372 e. The highest BCUT2D eigenvalue weighted by Gasteiger charge is 2.16. The van der Waals surface area contributed by atoms with E-state index in [9.17, 15) is 4.79 Å². The summed E-state index contributed by atoms with van der Waals surface area (Å²) >= 11 is 0. The molecular weight excluding hydrogens is 262 g/mol. The highest BCUT2D eigenvalue weighted by molar-refractivity contribution is 5.78. The van der Waals surface area contributed by atoms with E-state index >= 15 is 0 Å². The van der Waals surface area contributed by atoms with Crippen LogP contribution in [-0.4, -0.2) is 43.5 Å². The van der Waals surface area contributed by atoms with Crippen molar-refractivity contribution in [2.45, 2.75) is 33.2 Å². The van der Waals surface area contributed by atoms with Gasteiger partial charge < -0.3 is 15.1 Å². The SMILES string of the molecule is CCN(CC)c1ccc(CNCC(=O)N2CCCC2)cc1. The van der Waals surface area contributed by atoms with Crippen LogP contribution in [0.25, 0.3) is 0 Å². The quantitative estimate of drug-likeness (QED) is 0.836. The van der Waals surface area contributed by atoms with Crippen molar-refractivity contribution in [2.75, 3.05) is 37.6 Å². The summed E-state index contributed by atoms with van der Waals surface area (Å²) in [4.78, 5) is 16.2. The molecule has 1 aliphatic rings. The zero-order valence-electron chi connectivity index (χ0n) is 13.3. The van der Waals surface area contributed by atoms with E-state index in [2.05, 4.69) is 48.3 Å². The van der Waals surface area contributed by atoms with E-state index in [1.165, 1.54) is 11.3 Å². The van der Waals surface area contributed by atoms with E-state index < -0.39 is 0 Å². The van der Waals surface area contributed by atoms with Crippen LogP contribution in [0.1, 0.15) is 32.3 Å². The average Bonchev–Trinajstić information content (AvgIpc) is 3.04. The summed E-state index contributed by atoms with van der Waals surface area (Å²) in [6.07, 6.45) is 2.30. The van der Waals surface area contributed by atoms with Gasteiger partial charge in [-0.15, -0.1) is 0 Å². The molecule has 1 N–H and O–H groups in total. The molecule has 4 heteroatoms. The Bertz CT molecular complexity index is 434. The molecule has 1 fully saturated rings. The summed E-state index contributed by atoms with van der Waals surface area (Å²) in [5.41, 5.74) is 2.48. The van der Waals surface area contributed by atoms with Gasteiger partial charge in [-0.05, 0) is 44.4 Å². The molecule has 0 aliphatic carbocycles. The third kappa shape index (κ3) is 4.46. The average molecular weight is 289 g/mol. The molecule has 4 nitrogen and oxygen atoms in total. The molecule has 2 rings (SSSR count). The van der Waals surface area contributed by atoms with E-state index in [1.54, 1.807) is 0 Å². The monoisotopic (exact) mass is 289 g/mol. The fraction of sp³-hybridized carbons (Fsp3) is 0.588. The Balaban J connectivity index is 1.76. The number of nitrogens with zero attached hydrogens (tertiary/aromatic N) is 2. The second kappa shape index (κ2) is 8.03. The van der Waals surface area contributed by atoms with E-state index in [-0.39, 0.29) is 5.91 Å². The van der Waals surface area contributed by atoms with Crippen LogP contribution >= 0.6 is 0 Å². The van der Waals surface area contributed by atoms with Crippen LogP contribution in [0.5, 0.6) is 0 Å². The Kier molecular flexibility index (Phi) is 6.05. The number of anilines is 1. The molecule has 1 aromatic carbocycles. The molecule has 0 spiro atoms. The zero-order chi connectivity index (χ0) is 15.1. The summed E-state index contributed by atoms with van der Waals surface area (Å²) in [6, 6.07) is 8.60. The van der Waals surface area contributed by atoms with Crippen molar-refractivity contribution in [3.05, 3.63) is 29.8 Å². The number of hydrogen-bond donors (Lipinski definition) is 1. The fourth-order valence-corrected chi connectivity index (χ4v) is 2.81. The minimum absolute atomic E-state index is 0.229. The van der Waals surface area contributed by atoms with Crippen LogP contribution in [0.3, 0.4) is 0 Å². The summed E-state index contributed by atoms with van der Waals surface area (Å²) in [5.74, 6) is 0.229. The number of nitrogens with one attached hydrogen (secondary N) is 1. The van der Waals surface area contributed by atoms with Crippen LogP contribution in [0.4, 0.5) is 5.69 Å². The van der Waals surface area contributed by atoms with Gasteiger partial charge in [-0.25, -0.2) is 0 Å². The van der Waals surface area contributed by atoms with Crippen LogP contribution < -0.4 is 10.2 Å².